The molecule has 0 saturated heterocycles. The molecule has 2 rings (SSSR count). The van der Waals surface area contributed by atoms with E-state index in [0.29, 0.717) is 0 Å². The Hall–Kier alpha value is -0.680. The lowest BCUT2D eigenvalue weighted by Crippen LogP contribution is -1.99. The van der Waals surface area contributed by atoms with Gasteiger partial charge in [-0.2, -0.15) is 13.8 Å². The van der Waals surface area contributed by atoms with Crippen LogP contribution in [-0.2, 0) is 0 Å². The second-order valence-corrected chi connectivity index (χ2v) is 5.02. The summed E-state index contributed by atoms with van der Waals surface area (Å²) >= 11 is 22.9. The number of hydrogen-bond donors (Lipinski definition) is 0. The zero-order valence-electron chi connectivity index (χ0n) is 8.75. The van der Waals surface area contributed by atoms with Gasteiger partial charge in [-0.3, -0.25) is 0 Å². The Morgan fingerprint density at radius 3 is 1.84 bits per heavy atom. The minimum absolute atomic E-state index is 0.00254. The normalized spacial score (nSPS) is 10.9. The molecule has 1 aromatic heterocycles. The van der Waals surface area contributed by atoms with Gasteiger partial charge in [-0.15, -0.1) is 0 Å². The van der Waals surface area contributed by atoms with Gasteiger partial charge in [-0.25, -0.2) is 4.39 Å². The average molecular weight is 347 g/mol. The Balaban J connectivity index is 2.79. The van der Waals surface area contributed by atoms with E-state index in [-0.39, 0.29) is 20.6 Å². The molecule has 0 amide bonds. The lowest BCUT2D eigenvalue weighted by Gasteiger charge is -2.09. The van der Waals surface area contributed by atoms with E-state index in [1.54, 1.807) is 0 Å². The van der Waals surface area contributed by atoms with Crippen molar-refractivity contribution in [1.29, 1.82) is 0 Å². The predicted octanol–water partition coefficient (Wildman–Crippen LogP) is 5.78. The van der Waals surface area contributed by atoms with Crippen LogP contribution in [0, 0.1) is 17.7 Å². The Morgan fingerprint density at radius 1 is 0.789 bits per heavy atom. The van der Waals surface area contributed by atoms with Crippen molar-refractivity contribution in [2.24, 2.45) is 0 Å². The number of hydrogen-bond acceptors (Lipinski definition) is 1. The van der Waals surface area contributed by atoms with Crippen LogP contribution in [0.15, 0.2) is 12.1 Å². The van der Waals surface area contributed by atoms with Crippen LogP contribution in [0.1, 0.15) is 0 Å². The molecule has 0 bridgehead atoms. The number of benzene rings is 1. The van der Waals surface area contributed by atoms with E-state index in [4.69, 9.17) is 46.4 Å². The molecule has 0 saturated carbocycles. The largest absolute Gasteiger partial charge is 0.252 e. The van der Waals surface area contributed by atoms with E-state index in [2.05, 4.69) is 4.98 Å². The average Bonchev–Trinajstić information content (AvgIpc) is 2.34. The molecular weight excluding hydrogens is 345 g/mol. The van der Waals surface area contributed by atoms with Crippen LogP contribution in [-0.4, -0.2) is 4.98 Å². The molecule has 0 N–H and O–H groups in total. The third-order valence-corrected chi connectivity index (χ3v) is 3.81. The molecule has 0 atom stereocenters. The fraction of sp³-hybridized carbons (Fsp3) is 0. The summed E-state index contributed by atoms with van der Waals surface area (Å²) in [5.74, 6) is -4.35. The molecular formula is C11H2Cl4F3N. The Bertz CT molecular complexity index is 626. The van der Waals surface area contributed by atoms with E-state index in [9.17, 15) is 13.2 Å². The van der Waals surface area contributed by atoms with Crippen molar-refractivity contribution in [3.8, 4) is 11.1 Å². The molecule has 100 valence electrons. The van der Waals surface area contributed by atoms with Gasteiger partial charge in [0.2, 0.25) is 5.95 Å². The first-order chi connectivity index (χ1) is 8.82. The smallest absolute Gasteiger partial charge is 0.201 e. The van der Waals surface area contributed by atoms with Gasteiger partial charge in [0, 0.05) is 5.56 Å². The summed E-state index contributed by atoms with van der Waals surface area (Å²) in [6, 6.07) is 2.39. The van der Waals surface area contributed by atoms with Crippen molar-refractivity contribution in [2.75, 3.05) is 0 Å². The van der Waals surface area contributed by atoms with Crippen molar-refractivity contribution in [3.63, 3.8) is 0 Å². The molecule has 0 spiro atoms. The first kappa shape index (κ1) is 14.7. The number of nitrogens with zero attached hydrogens (tertiary/aromatic N) is 1. The summed E-state index contributed by atoms with van der Waals surface area (Å²) in [5.41, 5.74) is -0.533. The van der Waals surface area contributed by atoms with Crippen LogP contribution in [0.25, 0.3) is 11.1 Å². The highest BCUT2D eigenvalue weighted by atomic mass is 35.5. The zero-order chi connectivity index (χ0) is 14.3. The van der Waals surface area contributed by atoms with Gasteiger partial charge in [0.15, 0.2) is 5.82 Å². The molecule has 0 aliphatic heterocycles. The highest BCUT2D eigenvalue weighted by Gasteiger charge is 2.21. The van der Waals surface area contributed by atoms with E-state index >= 15 is 0 Å². The number of pyridine rings is 1. The second-order valence-electron chi connectivity index (χ2n) is 3.45. The summed E-state index contributed by atoms with van der Waals surface area (Å²) in [4.78, 5) is 2.69. The third-order valence-electron chi connectivity index (χ3n) is 2.27. The first-order valence-electron chi connectivity index (χ1n) is 4.67. The van der Waals surface area contributed by atoms with Crippen molar-refractivity contribution in [3.05, 3.63) is 49.9 Å². The van der Waals surface area contributed by atoms with Gasteiger partial charge in [-0.1, -0.05) is 46.4 Å². The number of aromatic nitrogens is 1. The monoisotopic (exact) mass is 345 g/mol. The third kappa shape index (κ3) is 2.63. The highest BCUT2D eigenvalue weighted by molar-refractivity contribution is 6.48. The van der Waals surface area contributed by atoms with Gasteiger partial charge in [0.25, 0.3) is 5.95 Å². The maximum Gasteiger partial charge on any atom is 0.252 e. The Kier molecular flexibility index (Phi) is 4.16. The Labute approximate surface area is 125 Å². The highest BCUT2D eigenvalue weighted by Crippen LogP contribution is 2.39. The molecule has 0 unspecified atom stereocenters. The van der Waals surface area contributed by atoms with Gasteiger partial charge in [0.05, 0.1) is 15.1 Å². The molecule has 0 aliphatic rings. The van der Waals surface area contributed by atoms with Crippen LogP contribution in [0.2, 0.25) is 20.1 Å². The molecule has 8 heteroatoms. The first-order valence-corrected chi connectivity index (χ1v) is 6.19. The SMILES string of the molecule is Fc1nc(F)c(Cl)c(-c2cc(Cl)c(Cl)c(Cl)c2)c1F. The summed E-state index contributed by atoms with van der Waals surface area (Å²) in [5, 5.41) is -0.638. The van der Waals surface area contributed by atoms with E-state index in [1.807, 2.05) is 0 Å². The molecule has 19 heavy (non-hydrogen) atoms. The predicted molar refractivity (Wildman–Crippen MR) is 69.6 cm³/mol. The second kappa shape index (κ2) is 5.37. The van der Waals surface area contributed by atoms with Crippen molar-refractivity contribution < 1.29 is 13.2 Å². The fourth-order valence-electron chi connectivity index (χ4n) is 1.44. The van der Waals surface area contributed by atoms with E-state index in [1.165, 1.54) is 12.1 Å². The molecule has 0 radical (unpaired) electrons. The number of halogens is 7. The van der Waals surface area contributed by atoms with E-state index < -0.39 is 28.3 Å². The minimum atomic E-state index is -1.61. The van der Waals surface area contributed by atoms with Crippen LogP contribution >= 0.6 is 46.4 Å². The summed E-state index contributed by atoms with van der Waals surface area (Å²) < 4.78 is 40.0. The van der Waals surface area contributed by atoms with Crippen molar-refractivity contribution in [1.82, 2.24) is 4.98 Å². The van der Waals surface area contributed by atoms with Crippen LogP contribution in [0.4, 0.5) is 13.2 Å². The Morgan fingerprint density at radius 2 is 1.32 bits per heavy atom. The lowest BCUT2D eigenvalue weighted by atomic mass is 10.1. The molecule has 0 fully saturated rings. The van der Waals surface area contributed by atoms with Gasteiger partial charge in [0.1, 0.15) is 5.02 Å². The molecule has 1 nitrogen and oxygen atoms in total. The fourth-order valence-corrected chi connectivity index (χ4v) is 2.27. The van der Waals surface area contributed by atoms with Gasteiger partial charge in [-0.05, 0) is 17.7 Å². The van der Waals surface area contributed by atoms with Crippen LogP contribution in [0.5, 0.6) is 0 Å². The van der Waals surface area contributed by atoms with Crippen molar-refractivity contribution in [2.45, 2.75) is 0 Å². The molecule has 1 aromatic carbocycles. The van der Waals surface area contributed by atoms with E-state index in [0.717, 1.165) is 0 Å². The summed E-state index contributed by atoms with van der Waals surface area (Å²) in [6.45, 7) is 0. The quantitative estimate of drug-likeness (QED) is 0.471. The molecule has 0 aliphatic carbocycles. The maximum atomic E-state index is 13.7. The van der Waals surface area contributed by atoms with Crippen LogP contribution < -0.4 is 0 Å². The topological polar surface area (TPSA) is 12.9 Å². The molecule has 2 aromatic rings. The van der Waals surface area contributed by atoms with Crippen molar-refractivity contribution >= 4 is 46.4 Å². The summed E-state index contributed by atoms with van der Waals surface area (Å²) in [6.07, 6.45) is 0. The zero-order valence-corrected chi connectivity index (χ0v) is 11.8. The summed E-state index contributed by atoms with van der Waals surface area (Å²) in [7, 11) is 0. The van der Waals surface area contributed by atoms with Gasteiger partial charge < -0.3 is 0 Å². The molecule has 1 heterocycles. The lowest BCUT2D eigenvalue weighted by molar-refractivity contribution is 0.450. The maximum absolute atomic E-state index is 13.7. The standard InChI is InChI=1S/C11H2Cl4F3N/c12-4-1-3(2-5(13)7(4)14)6-8(15)10(17)19-11(18)9(6)16/h1-2H. The number of rotatable bonds is 1. The van der Waals surface area contributed by atoms with Gasteiger partial charge >= 0.3 is 0 Å². The minimum Gasteiger partial charge on any atom is -0.201 e. The van der Waals surface area contributed by atoms with Crippen LogP contribution in [0.3, 0.4) is 0 Å².